The van der Waals surface area contributed by atoms with Crippen LogP contribution in [-0.2, 0) is 16.0 Å². The summed E-state index contributed by atoms with van der Waals surface area (Å²) in [6.45, 7) is 7.11. The van der Waals surface area contributed by atoms with Crippen LogP contribution in [0.25, 0.3) is 10.9 Å². The monoisotopic (exact) mass is 384 g/mol. The van der Waals surface area contributed by atoms with Gasteiger partial charge in [0.25, 0.3) is 0 Å². The molecule has 0 radical (unpaired) electrons. The zero-order chi connectivity index (χ0) is 19.6. The fourth-order valence-electron chi connectivity index (χ4n) is 3.57. The number of piperidine rings is 1. The summed E-state index contributed by atoms with van der Waals surface area (Å²) in [6, 6.07) is 10.3. The Morgan fingerprint density at radius 3 is 2.82 bits per heavy atom. The maximum Gasteiger partial charge on any atom is 0.194 e. The molecule has 1 aliphatic heterocycles. The molecule has 2 aromatic rings. The number of ether oxygens (including phenoxy) is 2. The number of likely N-dealkylation sites (tertiary alicyclic amines) is 1. The summed E-state index contributed by atoms with van der Waals surface area (Å²) in [5.74, 6) is 0.987. The van der Waals surface area contributed by atoms with Crippen LogP contribution in [0.4, 0.5) is 0 Å². The molecule has 0 saturated carbocycles. The van der Waals surface area contributed by atoms with E-state index in [0.29, 0.717) is 12.6 Å². The van der Waals surface area contributed by atoms with Crippen molar-refractivity contribution in [3.8, 4) is 0 Å². The van der Waals surface area contributed by atoms with Gasteiger partial charge in [0.15, 0.2) is 5.96 Å². The lowest BCUT2D eigenvalue weighted by molar-refractivity contribution is 0.00990. The molecule has 1 aromatic heterocycles. The Labute approximate surface area is 168 Å². The first-order valence-electron chi connectivity index (χ1n) is 10.3. The van der Waals surface area contributed by atoms with Crippen LogP contribution in [-0.4, -0.2) is 61.9 Å². The van der Waals surface area contributed by atoms with Gasteiger partial charge in [0.2, 0.25) is 0 Å². The Balaban J connectivity index is 1.59. The molecular formula is C22H32N4O2. The lowest BCUT2D eigenvalue weighted by Crippen LogP contribution is -2.47. The van der Waals surface area contributed by atoms with Gasteiger partial charge in [0.1, 0.15) is 0 Å². The highest BCUT2D eigenvalue weighted by molar-refractivity contribution is 5.83. The van der Waals surface area contributed by atoms with E-state index in [4.69, 9.17) is 14.5 Å². The van der Waals surface area contributed by atoms with Gasteiger partial charge in [0.05, 0.1) is 18.2 Å². The van der Waals surface area contributed by atoms with E-state index in [1.54, 1.807) is 7.11 Å². The average molecular weight is 385 g/mol. The number of fused-ring (bicyclic) bond motifs is 1. The number of aromatic nitrogens is 1. The summed E-state index contributed by atoms with van der Waals surface area (Å²) in [5.41, 5.74) is 2.23. The first-order chi connectivity index (χ1) is 13.8. The molecule has 2 heterocycles. The lowest BCUT2D eigenvalue weighted by atomic mass is 10.1. The van der Waals surface area contributed by atoms with E-state index >= 15 is 0 Å². The first-order valence-corrected chi connectivity index (χ1v) is 10.3. The summed E-state index contributed by atoms with van der Waals surface area (Å²) in [5, 5.41) is 4.62. The van der Waals surface area contributed by atoms with E-state index in [1.807, 2.05) is 18.3 Å². The van der Waals surface area contributed by atoms with Gasteiger partial charge in [-0.1, -0.05) is 18.2 Å². The molecule has 1 N–H and O–H groups in total. The first kappa shape index (κ1) is 20.6. The van der Waals surface area contributed by atoms with Crippen molar-refractivity contribution in [2.24, 2.45) is 4.99 Å². The number of methoxy groups -OCH3 is 1. The second-order valence-corrected chi connectivity index (χ2v) is 7.06. The van der Waals surface area contributed by atoms with Gasteiger partial charge in [-0.2, -0.15) is 0 Å². The predicted octanol–water partition coefficient (Wildman–Crippen LogP) is 3.22. The number of benzene rings is 1. The molecule has 0 bridgehead atoms. The van der Waals surface area contributed by atoms with Gasteiger partial charge in [-0.3, -0.25) is 4.98 Å². The molecule has 1 aromatic carbocycles. The van der Waals surface area contributed by atoms with Gasteiger partial charge in [-0.25, -0.2) is 4.99 Å². The minimum atomic E-state index is 0.347. The van der Waals surface area contributed by atoms with Crippen molar-refractivity contribution in [3.05, 3.63) is 42.1 Å². The lowest BCUT2D eigenvalue weighted by Gasteiger charge is -2.34. The number of hydrogen-bond donors (Lipinski definition) is 1. The normalized spacial score (nSPS) is 15.9. The topological polar surface area (TPSA) is 59.0 Å². The summed E-state index contributed by atoms with van der Waals surface area (Å²) in [6.07, 6.45) is 5.25. The molecule has 0 spiro atoms. The number of pyridine rings is 1. The van der Waals surface area contributed by atoms with E-state index in [1.165, 1.54) is 10.9 Å². The van der Waals surface area contributed by atoms with Gasteiger partial charge in [-0.05, 0) is 43.9 Å². The minimum Gasteiger partial charge on any atom is -0.385 e. The van der Waals surface area contributed by atoms with Crippen LogP contribution < -0.4 is 5.32 Å². The molecule has 0 atom stereocenters. The third-order valence-electron chi connectivity index (χ3n) is 5.06. The Kier molecular flexibility index (Phi) is 8.06. The third kappa shape index (κ3) is 5.66. The minimum absolute atomic E-state index is 0.347. The Morgan fingerprint density at radius 1 is 1.21 bits per heavy atom. The smallest absolute Gasteiger partial charge is 0.194 e. The number of nitrogens with one attached hydrogen (secondary N) is 1. The van der Waals surface area contributed by atoms with Crippen molar-refractivity contribution >= 4 is 16.9 Å². The van der Waals surface area contributed by atoms with E-state index in [9.17, 15) is 0 Å². The molecule has 28 heavy (non-hydrogen) atoms. The summed E-state index contributed by atoms with van der Waals surface area (Å²) >= 11 is 0. The molecule has 6 nitrogen and oxygen atoms in total. The average Bonchev–Trinajstić information content (AvgIpc) is 2.75. The highest BCUT2D eigenvalue weighted by Crippen LogP contribution is 2.18. The van der Waals surface area contributed by atoms with Crippen molar-refractivity contribution in [2.75, 3.05) is 40.0 Å². The molecule has 0 amide bonds. The molecule has 0 aliphatic carbocycles. The second kappa shape index (κ2) is 11.0. The quantitative estimate of drug-likeness (QED) is 0.430. The van der Waals surface area contributed by atoms with Crippen LogP contribution in [0, 0.1) is 0 Å². The number of para-hydroxylation sites is 1. The van der Waals surface area contributed by atoms with Crippen LogP contribution in [0.3, 0.4) is 0 Å². The summed E-state index contributed by atoms with van der Waals surface area (Å²) < 4.78 is 11.1. The summed E-state index contributed by atoms with van der Waals surface area (Å²) in [7, 11) is 1.73. The summed E-state index contributed by atoms with van der Waals surface area (Å²) in [4.78, 5) is 11.7. The highest BCUT2D eigenvalue weighted by Gasteiger charge is 2.21. The number of nitrogens with zero attached hydrogens (tertiary/aromatic N) is 3. The molecule has 3 rings (SSSR count). The van der Waals surface area contributed by atoms with E-state index < -0.39 is 0 Å². The molecule has 1 aliphatic rings. The SMILES string of the molecule is CCNC(=NCc1ccnc2ccccc12)N1CCC(OCCCOC)CC1. The Morgan fingerprint density at radius 2 is 2.04 bits per heavy atom. The van der Waals surface area contributed by atoms with Gasteiger partial charge in [-0.15, -0.1) is 0 Å². The van der Waals surface area contributed by atoms with E-state index in [-0.39, 0.29) is 0 Å². The van der Waals surface area contributed by atoms with Crippen molar-refractivity contribution in [3.63, 3.8) is 0 Å². The van der Waals surface area contributed by atoms with Crippen LogP contribution in [0.5, 0.6) is 0 Å². The van der Waals surface area contributed by atoms with Crippen molar-refractivity contribution < 1.29 is 9.47 Å². The zero-order valence-corrected chi connectivity index (χ0v) is 17.1. The maximum absolute atomic E-state index is 5.98. The number of aliphatic imine (C=N–C) groups is 1. The van der Waals surface area contributed by atoms with Crippen molar-refractivity contribution in [2.45, 2.75) is 38.8 Å². The highest BCUT2D eigenvalue weighted by atomic mass is 16.5. The number of rotatable bonds is 8. The number of guanidine groups is 1. The molecule has 6 heteroatoms. The molecule has 1 saturated heterocycles. The molecular weight excluding hydrogens is 352 g/mol. The molecule has 0 unspecified atom stereocenters. The molecule has 152 valence electrons. The standard InChI is InChI=1S/C22H32N4O2/c1-3-23-22(26-13-10-19(11-14-26)28-16-6-15-27-2)25-17-18-9-12-24-21-8-5-4-7-20(18)21/h4-5,7-9,12,19H,3,6,10-11,13-17H2,1-2H3,(H,23,25). The van der Waals surface area contributed by atoms with Gasteiger partial charge < -0.3 is 19.7 Å². The van der Waals surface area contributed by atoms with Crippen molar-refractivity contribution in [1.82, 2.24) is 15.2 Å². The predicted molar refractivity (Wildman–Crippen MR) is 114 cm³/mol. The number of hydrogen-bond acceptors (Lipinski definition) is 4. The van der Waals surface area contributed by atoms with Crippen LogP contribution in [0.15, 0.2) is 41.5 Å². The van der Waals surface area contributed by atoms with Gasteiger partial charge in [0, 0.05) is 51.5 Å². The Hall–Kier alpha value is -2.18. The maximum atomic E-state index is 5.98. The third-order valence-corrected chi connectivity index (χ3v) is 5.06. The fraction of sp³-hybridized carbons (Fsp3) is 0.545. The Bertz CT molecular complexity index is 752. The van der Waals surface area contributed by atoms with E-state index in [2.05, 4.69) is 40.3 Å². The van der Waals surface area contributed by atoms with Crippen molar-refractivity contribution in [1.29, 1.82) is 0 Å². The molecule has 1 fully saturated rings. The zero-order valence-electron chi connectivity index (χ0n) is 17.1. The van der Waals surface area contributed by atoms with Gasteiger partial charge >= 0.3 is 0 Å². The van der Waals surface area contributed by atoms with E-state index in [0.717, 1.165) is 63.6 Å². The van der Waals surface area contributed by atoms with Crippen LogP contribution in [0.2, 0.25) is 0 Å². The fourth-order valence-corrected chi connectivity index (χ4v) is 3.57. The largest absolute Gasteiger partial charge is 0.385 e. The van der Waals surface area contributed by atoms with Crippen LogP contribution >= 0.6 is 0 Å². The second-order valence-electron chi connectivity index (χ2n) is 7.06. The van der Waals surface area contributed by atoms with Crippen LogP contribution in [0.1, 0.15) is 31.7 Å².